The molecule has 1 saturated heterocycles. The van der Waals surface area contributed by atoms with E-state index in [1.54, 1.807) is 12.1 Å². The van der Waals surface area contributed by atoms with E-state index in [-0.39, 0.29) is 5.91 Å². The lowest BCUT2D eigenvalue weighted by Gasteiger charge is -2.36. The largest absolute Gasteiger partial charge is 0.374 e. The number of nitrogens with one attached hydrogen (secondary N) is 1. The van der Waals surface area contributed by atoms with Gasteiger partial charge in [-0.2, -0.15) is 0 Å². The summed E-state index contributed by atoms with van der Waals surface area (Å²) in [6.45, 7) is 2.98. The van der Waals surface area contributed by atoms with Gasteiger partial charge in [0.1, 0.15) is 5.82 Å². The van der Waals surface area contributed by atoms with E-state index in [4.69, 9.17) is 11.6 Å². The number of benzene rings is 1. The molecule has 0 saturated carbocycles. The van der Waals surface area contributed by atoms with Crippen LogP contribution in [0.25, 0.3) is 0 Å². The zero-order chi connectivity index (χ0) is 21.6. The smallest absolute Gasteiger partial charge is 0.258 e. The number of rotatable bonds is 6. The number of piperidine rings is 1. The van der Waals surface area contributed by atoms with Crippen molar-refractivity contribution < 1.29 is 4.79 Å². The van der Waals surface area contributed by atoms with Crippen molar-refractivity contribution in [1.82, 2.24) is 9.97 Å². The van der Waals surface area contributed by atoms with Crippen LogP contribution in [-0.4, -0.2) is 42.6 Å². The fraction of sp³-hybridized carbons (Fsp3) is 0.292. The molecule has 0 atom stereocenters. The van der Waals surface area contributed by atoms with Gasteiger partial charge in [-0.25, -0.2) is 4.98 Å². The van der Waals surface area contributed by atoms with Gasteiger partial charge in [0, 0.05) is 56.6 Å². The molecule has 6 nitrogen and oxygen atoms in total. The van der Waals surface area contributed by atoms with Crippen LogP contribution in [0.3, 0.4) is 0 Å². The molecule has 1 aliphatic rings. The molecule has 1 N–H and O–H groups in total. The second-order valence-electron chi connectivity index (χ2n) is 7.85. The van der Waals surface area contributed by atoms with Gasteiger partial charge in [-0.15, -0.1) is 0 Å². The number of amides is 1. The lowest BCUT2D eigenvalue weighted by Crippen LogP contribution is -2.38. The summed E-state index contributed by atoms with van der Waals surface area (Å²) in [7, 11) is 2.06. The van der Waals surface area contributed by atoms with Gasteiger partial charge in [-0.1, -0.05) is 23.7 Å². The van der Waals surface area contributed by atoms with E-state index < -0.39 is 0 Å². The third-order valence-corrected chi connectivity index (χ3v) is 5.93. The highest BCUT2D eigenvalue weighted by Crippen LogP contribution is 2.26. The summed E-state index contributed by atoms with van der Waals surface area (Å²) in [4.78, 5) is 25.8. The molecule has 1 aromatic carbocycles. The highest BCUT2D eigenvalue weighted by atomic mass is 35.5. The number of hydrogen-bond acceptors (Lipinski definition) is 5. The number of para-hydroxylation sites is 1. The van der Waals surface area contributed by atoms with E-state index in [0.29, 0.717) is 22.3 Å². The molecule has 0 spiro atoms. The standard InChI is InChI=1S/C24H26ClN5O/c1-29(17-18-10-14-30(15-11-18)20-8-12-26-13-9-20)22-5-3-2-4-21(22)24(31)28-23-7-6-19(25)16-27-23/h2-9,12-13,16,18H,10-11,14-15,17H2,1H3,(H,27,28,31). The molecule has 4 rings (SSSR count). The van der Waals surface area contributed by atoms with Gasteiger partial charge in [0.2, 0.25) is 0 Å². The summed E-state index contributed by atoms with van der Waals surface area (Å²) in [6.07, 6.45) is 7.45. The first-order valence-corrected chi connectivity index (χ1v) is 10.9. The summed E-state index contributed by atoms with van der Waals surface area (Å²) in [5, 5.41) is 3.40. The van der Waals surface area contributed by atoms with E-state index in [9.17, 15) is 4.79 Å². The molecule has 3 heterocycles. The number of anilines is 3. The third-order valence-electron chi connectivity index (χ3n) is 5.70. The van der Waals surface area contributed by atoms with Crippen LogP contribution in [0.1, 0.15) is 23.2 Å². The summed E-state index contributed by atoms with van der Waals surface area (Å²) in [5.41, 5.74) is 2.79. The molecule has 1 aliphatic heterocycles. The van der Waals surface area contributed by atoms with Crippen LogP contribution in [0.15, 0.2) is 67.1 Å². The molecule has 160 valence electrons. The van der Waals surface area contributed by atoms with Gasteiger partial charge in [-0.3, -0.25) is 9.78 Å². The maximum Gasteiger partial charge on any atom is 0.258 e. The average Bonchev–Trinajstić information content (AvgIpc) is 2.81. The van der Waals surface area contributed by atoms with Crippen LogP contribution in [0.2, 0.25) is 5.02 Å². The van der Waals surface area contributed by atoms with Crippen LogP contribution in [-0.2, 0) is 0 Å². The molecule has 0 bridgehead atoms. The Hall–Kier alpha value is -3.12. The van der Waals surface area contributed by atoms with Gasteiger partial charge in [0.15, 0.2) is 0 Å². The summed E-state index contributed by atoms with van der Waals surface area (Å²) in [5.74, 6) is 0.886. The summed E-state index contributed by atoms with van der Waals surface area (Å²) >= 11 is 5.88. The van der Waals surface area contributed by atoms with Crippen molar-refractivity contribution in [2.24, 2.45) is 5.92 Å². The van der Waals surface area contributed by atoms with Crippen molar-refractivity contribution in [1.29, 1.82) is 0 Å². The van der Waals surface area contributed by atoms with Crippen LogP contribution >= 0.6 is 11.6 Å². The molecule has 2 aromatic heterocycles. The number of halogens is 1. The predicted octanol–water partition coefficient (Wildman–Crippen LogP) is 4.74. The van der Waals surface area contributed by atoms with Crippen LogP contribution < -0.4 is 15.1 Å². The van der Waals surface area contributed by atoms with Gasteiger partial charge in [0.05, 0.1) is 10.6 Å². The van der Waals surface area contributed by atoms with Gasteiger partial charge in [0.25, 0.3) is 5.91 Å². The average molecular weight is 436 g/mol. The molecule has 0 radical (unpaired) electrons. The maximum atomic E-state index is 12.9. The Morgan fingerprint density at radius 3 is 2.58 bits per heavy atom. The number of nitrogens with zero attached hydrogens (tertiary/aromatic N) is 4. The molecule has 0 unspecified atom stereocenters. The molecule has 7 heteroatoms. The molecule has 1 fully saturated rings. The van der Waals surface area contributed by atoms with E-state index in [1.165, 1.54) is 11.9 Å². The van der Waals surface area contributed by atoms with Crippen molar-refractivity contribution in [2.75, 3.05) is 41.8 Å². The topological polar surface area (TPSA) is 61.4 Å². The number of hydrogen-bond donors (Lipinski definition) is 1. The Morgan fingerprint density at radius 1 is 1.13 bits per heavy atom. The Morgan fingerprint density at radius 2 is 1.87 bits per heavy atom. The van der Waals surface area contributed by atoms with Crippen molar-refractivity contribution in [3.05, 3.63) is 77.7 Å². The first kappa shape index (κ1) is 21.1. The van der Waals surface area contributed by atoms with E-state index >= 15 is 0 Å². The van der Waals surface area contributed by atoms with Crippen molar-refractivity contribution in [2.45, 2.75) is 12.8 Å². The molecule has 1 amide bonds. The van der Waals surface area contributed by atoms with E-state index in [0.717, 1.165) is 38.2 Å². The lowest BCUT2D eigenvalue weighted by atomic mass is 9.95. The summed E-state index contributed by atoms with van der Waals surface area (Å²) in [6, 6.07) is 15.2. The monoisotopic (exact) mass is 435 g/mol. The fourth-order valence-corrected chi connectivity index (χ4v) is 4.16. The van der Waals surface area contributed by atoms with Gasteiger partial charge >= 0.3 is 0 Å². The summed E-state index contributed by atoms with van der Waals surface area (Å²) < 4.78 is 0. The quantitative estimate of drug-likeness (QED) is 0.606. The Kier molecular flexibility index (Phi) is 6.67. The number of aromatic nitrogens is 2. The zero-order valence-corrected chi connectivity index (χ0v) is 18.3. The SMILES string of the molecule is CN(CC1CCN(c2ccncc2)CC1)c1ccccc1C(=O)Nc1ccc(Cl)cn1. The normalized spacial score (nSPS) is 14.3. The van der Waals surface area contributed by atoms with E-state index in [2.05, 4.69) is 44.3 Å². The Bertz CT molecular complexity index is 1000. The second-order valence-corrected chi connectivity index (χ2v) is 8.29. The van der Waals surface area contributed by atoms with Gasteiger partial charge in [-0.05, 0) is 55.2 Å². The number of carbonyl (C=O) groups excluding carboxylic acids is 1. The Balaban J connectivity index is 1.38. The first-order valence-electron chi connectivity index (χ1n) is 10.5. The molecular weight excluding hydrogens is 410 g/mol. The first-order chi connectivity index (χ1) is 15.1. The zero-order valence-electron chi connectivity index (χ0n) is 17.5. The van der Waals surface area contributed by atoms with Crippen molar-refractivity contribution in [3.63, 3.8) is 0 Å². The highest BCUT2D eigenvalue weighted by molar-refractivity contribution is 6.30. The predicted molar refractivity (Wildman–Crippen MR) is 126 cm³/mol. The molecule has 3 aromatic rings. The Labute approximate surface area is 187 Å². The number of pyridine rings is 2. The second kappa shape index (κ2) is 9.79. The van der Waals surface area contributed by atoms with E-state index in [1.807, 2.05) is 36.7 Å². The minimum Gasteiger partial charge on any atom is -0.374 e. The minimum atomic E-state index is -0.176. The molecular formula is C24H26ClN5O. The van der Waals surface area contributed by atoms with Crippen LogP contribution in [0.5, 0.6) is 0 Å². The highest BCUT2D eigenvalue weighted by Gasteiger charge is 2.22. The van der Waals surface area contributed by atoms with Crippen LogP contribution in [0.4, 0.5) is 17.2 Å². The molecule has 31 heavy (non-hydrogen) atoms. The van der Waals surface area contributed by atoms with Gasteiger partial charge < -0.3 is 15.1 Å². The van der Waals surface area contributed by atoms with Crippen molar-refractivity contribution in [3.8, 4) is 0 Å². The lowest BCUT2D eigenvalue weighted by molar-refractivity contribution is 0.102. The fourth-order valence-electron chi connectivity index (χ4n) is 4.05. The number of carbonyl (C=O) groups is 1. The third kappa shape index (κ3) is 5.33. The maximum absolute atomic E-state index is 12.9. The van der Waals surface area contributed by atoms with Crippen LogP contribution in [0, 0.1) is 5.92 Å². The minimum absolute atomic E-state index is 0.176. The molecule has 0 aliphatic carbocycles. The van der Waals surface area contributed by atoms with Crippen molar-refractivity contribution >= 4 is 34.7 Å².